The summed E-state index contributed by atoms with van der Waals surface area (Å²) in [6.45, 7) is 7.40. The number of carbonyl (C=O) groups excluding carboxylic acids is 1. The molecule has 2 N–H and O–H groups in total. The minimum absolute atomic E-state index is 0.0834. The van der Waals surface area contributed by atoms with Crippen molar-refractivity contribution < 1.29 is 14.7 Å². The van der Waals surface area contributed by atoms with Gasteiger partial charge in [0.25, 0.3) is 0 Å². The van der Waals surface area contributed by atoms with Gasteiger partial charge in [-0.2, -0.15) is 5.26 Å². The highest BCUT2D eigenvalue weighted by atomic mass is 16.4. The molecular weight excluding hydrogens is 234 g/mol. The van der Waals surface area contributed by atoms with Gasteiger partial charge in [-0.15, -0.1) is 0 Å². The number of hydrogen-bond acceptors (Lipinski definition) is 3. The van der Waals surface area contributed by atoms with Gasteiger partial charge >= 0.3 is 12.0 Å². The molecule has 0 aliphatic carbocycles. The number of aliphatic carboxylic acids is 1. The Morgan fingerprint density at radius 3 is 2.22 bits per heavy atom. The van der Waals surface area contributed by atoms with Gasteiger partial charge in [0.1, 0.15) is 6.04 Å². The van der Waals surface area contributed by atoms with Crippen molar-refractivity contribution >= 4 is 12.0 Å². The van der Waals surface area contributed by atoms with E-state index in [0.29, 0.717) is 6.54 Å². The first-order chi connectivity index (χ1) is 8.31. The van der Waals surface area contributed by atoms with Crippen LogP contribution in [0.5, 0.6) is 0 Å². The lowest BCUT2D eigenvalue weighted by molar-refractivity contribution is -0.140. The fourth-order valence-corrected chi connectivity index (χ4v) is 1.49. The zero-order chi connectivity index (χ0) is 14.3. The number of hydrogen-bond donors (Lipinski definition) is 2. The zero-order valence-corrected chi connectivity index (χ0v) is 11.3. The second kappa shape index (κ2) is 7.54. The van der Waals surface area contributed by atoms with Crippen molar-refractivity contribution in [2.45, 2.75) is 46.2 Å². The van der Waals surface area contributed by atoms with Crippen LogP contribution in [-0.4, -0.2) is 40.6 Å². The maximum Gasteiger partial charge on any atom is 0.326 e. The SMILES string of the molecule is CC(C)[C@H](NC(=O)N(CCC#N)C(C)C)C(=O)O. The van der Waals surface area contributed by atoms with Crippen LogP contribution < -0.4 is 5.32 Å². The van der Waals surface area contributed by atoms with Gasteiger partial charge in [-0.3, -0.25) is 0 Å². The van der Waals surface area contributed by atoms with Crippen molar-refractivity contribution in [2.24, 2.45) is 5.92 Å². The standard InChI is InChI=1S/C12H21N3O3/c1-8(2)10(11(16)17)14-12(18)15(9(3)4)7-5-6-13/h8-10H,5,7H2,1-4H3,(H,14,18)(H,16,17)/t10-/m0/s1. The van der Waals surface area contributed by atoms with Crippen LogP contribution in [0.3, 0.4) is 0 Å². The predicted molar refractivity (Wildman–Crippen MR) is 66.9 cm³/mol. The largest absolute Gasteiger partial charge is 0.480 e. The number of carboxylic acids is 1. The number of nitrogens with one attached hydrogen (secondary N) is 1. The van der Waals surface area contributed by atoms with E-state index in [9.17, 15) is 9.59 Å². The highest BCUT2D eigenvalue weighted by Crippen LogP contribution is 2.05. The van der Waals surface area contributed by atoms with Crippen molar-refractivity contribution in [1.29, 1.82) is 5.26 Å². The summed E-state index contributed by atoms with van der Waals surface area (Å²) in [6.07, 6.45) is 0.227. The van der Waals surface area contributed by atoms with Crippen LogP contribution in [0.1, 0.15) is 34.1 Å². The summed E-state index contributed by atoms with van der Waals surface area (Å²) in [7, 11) is 0. The monoisotopic (exact) mass is 255 g/mol. The first-order valence-electron chi connectivity index (χ1n) is 5.98. The third-order valence-corrected chi connectivity index (χ3v) is 2.56. The van der Waals surface area contributed by atoms with Crippen molar-refractivity contribution in [3.63, 3.8) is 0 Å². The molecule has 0 rings (SSSR count). The van der Waals surface area contributed by atoms with Crippen LogP contribution in [-0.2, 0) is 4.79 Å². The van der Waals surface area contributed by atoms with E-state index >= 15 is 0 Å². The molecule has 102 valence electrons. The smallest absolute Gasteiger partial charge is 0.326 e. The van der Waals surface area contributed by atoms with Crippen molar-refractivity contribution in [3.05, 3.63) is 0 Å². The summed E-state index contributed by atoms with van der Waals surface area (Å²) in [5, 5.41) is 20.0. The highest BCUT2D eigenvalue weighted by molar-refractivity contribution is 5.82. The molecule has 6 nitrogen and oxygen atoms in total. The lowest BCUT2D eigenvalue weighted by atomic mass is 10.1. The van der Waals surface area contributed by atoms with E-state index in [0.717, 1.165) is 0 Å². The summed E-state index contributed by atoms with van der Waals surface area (Å²) >= 11 is 0. The molecule has 18 heavy (non-hydrogen) atoms. The van der Waals surface area contributed by atoms with Crippen LogP contribution >= 0.6 is 0 Å². The van der Waals surface area contributed by atoms with Crippen LogP contribution in [0, 0.1) is 17.2 Å². The lowest BCUT2D eigenvalue weighted by Crippen LogP contribution is -2.52. The van der Waals surface area contributed by atoms with E-state index in [2.05, 4.69) is 5.32 Å². The Morgan fingerprint density at radius 1 is 1.33 bits per heavy atom. The van der Waals surface area contributed by atoms with Crippen LogP contribution in [0.15, 0.2) is 0 Å². The first kappa shape index (κ1) is 16.2. The number of nitrogens with zero attached hydrogens (tertiary/aromatic N) is 2. The van der Waals surface area contributed by atoms with E-state index in [4.69, 9.17) is 10.4 Å². The van der Waals surface area contributed by atoms with Crippen molar-refractivity contribution in [3.8, 4) is 6.07 Å². The first-order valence-corrected chi connectivity index (χ1v) is 5.98. The molecule has 0 aliphatic heterocycles. The predicted octanol–water partition coefficient (Wildman–Crippen LogP) is 1.43. The number of nitriles is 1. The average Bonchev–Trinajstić information content (AvgIpc) is 2.24. The lowest BCUT2D eigenvalue weighted by Gasteiger charge is -2.28. The van der Waals surface area contributed by atoms with Gasteiger partial charge < -0.3 is 15.3 Å². The number of amides is 2. The zero-order valence-electron chi connectivity index (χ0n) is 11.3. The Labute approximate surface area is 108 Å². The second-order valence-electron chi connectivity index (χ2n) is 4.70. The molecule has 0 heterocycles. The fourth-order valence-electron chi connectivity index (χ4n) is 1.49. The number of carboxylic acid groups (broad SMARTS) is 1. The molecule has 0 aromatic carbocycles. The van der Waals surface area contributed by atoms with Gasteiger partial charge in [0.15, 0.2) is 0 Å². The van der Waals surface area contributed by atoms with E-state index in [1.165, 1.54) is 4.90 Å². The quantitative estimate of drug-likeness (QED) is 0.750. The Balaban J connectivity index is 4.68. The fraction of sp³-hybridized carbons (Fsp3) is 0.750. The second-order valence-corrected chi connectivity index (χ2v) is 4.70. The Kier molecular flexibility index (Phi) is 6.79. The van der Waals surface area contributed by atoms with E-state index in [-0.39, 0.29) is 18.4 Å². The molecule has 0 aliphatic rings. The maximum absolute atomic E-state index is 12.0. The molecule has 0 aromatic rings. The summed E-state index contributed by atoms with van der Waals surface area (Å²) in [4.78, 5) is 24.4. The molecule has 0 aromatic heterocycles. The Hall–Kier alpha value is -1.77. The van der Waals surface area contributed by atoms with E-state index < -0.39 is 18.0 Å². The van der Waals surface area contributed by atoms with E-state index in [1.54, 1.807) is 13.8 Å². The third-order valence-electron chi connectivity index (χ3n) is 2.56. The molecular formula is C12H21N3O3. The van der Waals surface area contributed by atoms with Crippen molar-refractivity contribution in [1.82, 2.24) is 10.2 Å². The van der Waals surface area contributed by atoms with Gasteiger partial charge in [-0.1, -0.05) is 13.8 Å². The maximum atomic E-state index is 12.0. The summed E-state index contributed by atoms with van der Waals surface area (Å²) in [6, 6.07) is 0.526. The van der Waals surface area contributed by atoms with Crippen LogP contribution in [0.25, 0.3) is 0 Å². The van der Waals surface area contributed by atoms with Gasteiger partial charge in [-0.25, -0.2) is 9.59 Å². The third kappa shape index (κ3) is 5.04. The van der Waals surface area contributed by atoms with E-state index in [1.807, 2.05) is 19.9 Å². The van der Waals surface area contributed by atoms with Crippen molar-refractivity contribution in [2.75, 3.05) is 6.54 Å². The van der Waals surface area contributed by atoms with Gasteiger partial charge in [0, 0.05) is 12.6 Å². The number of carbonyl (C=O) groups is 2. The summed E-state index contributed by atoms with van der Waals surface area (Å²) in [5.74, 6) is -1.25. The minimum Gasteiger partial charge on any atom is -0.480 e. The topological polar surface area (TPSA) is 93.4 Å². The molecule has 0 saturated carbocycles. The number of rotatable bonds is 6. The summed E-state index contributed by atoms with van der Waals surface area (Å²) in [5.41, 5.74) is 0. The van der Waals surface area contributed by atoms with Crippen LogP contribution in [0.2, 0.25) is 0 Å². The molecule has 0 unspecified atom stereocenters. The molecule has 6 heteroatoms. The normalized spacial score (nSPS) is 12.1. The molecule has 0 spiro atoms. The summed E-state index contributed by atoms with van der Waals surface area (Å²) < 4.78 is 0. The van der Waals surface area contributed by atoms with Crippen LogP contribution in [0.4, 0.5) is 4.79 Å². The average molecular weight is 255 g/mol. The van der Waals surface area contributed by atoms with Gasteiger partial charge in [-0.05, 0) is 19.8 Å². The van der Waals surface area contributed by atoms with Gasteiger partial charge in [0.05, 0.1) is 12.5 Å². The Morgan fingerprint density at radius 2 is 1.89 bits per heavy atom. The Bertz CT molecular complexity index is 334. The highest BCUT2D eigenvalue weighted by Gasteiger charge is 2.26. The molecule has 0 fully saturated rings. The molecule has 1 atom stereocenters. The molecule has 0 bridgehead atoms. The molecule has 0 saturated heterocycles. The number of urea groups is 1. The van der Waals surface area contributed by atoms with Gasteiger partial charge in [0.2, 0.25) is 0 Å². The minimum atomic E-state index is -1.05. The molecule has 0 radical (unpaired) electrons. The molecule has 2 amide bonds.